The molecule has 0 aliphatic carbocycles. The van der Waals surface area contributed by atoms with Crippen LogP contribution in [0, 0.1) is 5.82 Å². The summed E-state index contributed by atoms with van der Waals surface area (Å²) in [5.74, 6) is -1.81. The molecule has 1 heterocycles. The Kier molecular flexibility index (Phi) is 5.29. The summed E-state index contributed by atoms with van der Waals surface area (Å²) in [6.07, 6.45) is 0.0369. The first-order chi connectivity index (χ1) is 12.6. The maximum Gasteiger partial charge on any atom is 0.255 e. The van der Waals surface area contributed by atoms with Gasteiger partial charge < -0.3 is 5.32 Å². The van der Waals surface area contributed by atoms with Crippen molar-refractivity contribution >= 4 is 42.9 Å². The zero-order chi connectivity index (χ0) is 19.8. The number of hydrogen-bond acceptors (Lipinski definition) is 5. The van der Waals surface area contributed by atoms with Gasteiger partial charge in [0.15, 0.2) is 19.7 Å². The van der Waals surface area contributed by atoms with Gasteiger partial charge in [0.2, 0.25) is 0 Å². The van der Waals surface area contributed by atoms with Crippen LogP contribution in [0.2, 0.25) is 5.02 Å². The van der Waals surface area contributed by atoms with Crippen LogP contribution >= 0.6 is 11.6 Å². The van der Waals surface area contributed by atoms with Gasteiger partial charge in [-0.1, -0.05) is 17.7 Å². The van der Waals surface area contributed by atoms with Gasteiger partial charge in [0.25, 0.3) is 5.91 Å². The predicted molar refractivity (Wildman–Crippen MR) is 100 cm³/mol. The van der Waals surface area contributed by atoms with Gasteiger partial charge in [-0.2, -0.15) is 0 Å². The molecule has 0 saturated carbocycles. The number of carbonyl (C=O) groups excluding carboxylic acids is 1. The molecule has 0 radical (unpaired) electrons. The van der Waals surface area contributed by atoms with E-state index in [2.05, 4.69) is 5.32 Å². The first-order valence-corrected chi connectivity index (χ1v) is 11.6. The highest BCUT2D eigenvalue weighted by Gasteiger charge is 2.38. The molecule has 1 aliphatic rings. The molecule has 2 aromatic carbocycles. The van der Waals surface area contributed by atoms with Crippen molar-refractivity contribution in [2.45, 2.75) is 16.6 Å². The van der Waals surface area contributed by atoms with E-state index in [1.807, 2.05) is 0 Å². The van der Waals surface area contributed by atoms with E-state index in [4.69, 9.17) is 11.6 Å². The lowest BCUT2D eigenvalue weighted by Gasteiger charge is -2.12. The van der Waals surface area contributed by atoms with Crippen LogP contribution in [-0.2, 0) is 19.7 Å². The minimum absolute atomic E-state index is 0.0369. The molecule has 27 heavy (non-hydrogen) atoms. The average molecular weight is 432 g/mol. The monoisotopic (exact) mass is 431 g/mol. The number of benzene rings is 2. The third-order valence-corrected chi connectivity index (χ3v) is 8.69. The second kappa shape index (κ2) is 7.21. The first kappa shape index (κ1) is 19.8. The van der Waals surface area contributed by atoms with Crippen LogP contribution in [0.5, 0.6) is 0 Å². The van der Waals surface area contributed by atoms with Crippen molar-refractivity contribution in [3.63, 3.8) is 0 Å². The lowest BCUT2D eigenvalue weighted by molar-refractivity contribution is 0.102. The van der Waals surface area contributed by atoms with Gasteiger partial charge in [-0.05, 0) is 42.8 Å². The number of amides is 1. The molecule has 0 bridgehead atoms. The van der Waals surface area contributed by atoms with Crippen LogP contribution in [0.1, 0.15) is 16.8 Å². The zero-order valence-corrected chi connectivity index (χ0v) is 16.2. The van der Waals surface area contributed by atoms with Crippen LogP contribution in [0.15, 0.2) is 47.4 Å². The van der Waals surface area contributed by atoms with Crippen LogP contribution in [-0.4, -0.2) is 39.5 Å². The van der Waals surface area contributed by atoms with Gasteiger partial charge in [0.1, 0.15) is 5.82 Å². The number of rotatable bonds is 4. The highest BCUT2D eigenvalue weighted by atomic mass is 35.5. The largest absolute Gasteiger partial charge is 0.322 e. The molecular weight excluding hydrogens is 417 g/mol. The first-order valence-electron chi connectivity index (χ1n) is 7.89. The van der Waals surface area contributed by atoms with Gasteiger partial charge in [0.05, 0.1) is 26.7 Å². The minimum atomic E-state index is -3.88. The van der Waals surface area contributed by atoms with Crippen molar-refractivity contribution in [3.8, 4) is 0 Å². The standard InChI is InChI=1S/C17H15ClFNO5S2/c18-15-9-12(4-5-16(15)19)20-17(21)11-2-1-3-13(8-11)27(24,25)14-6-7-26(22,23)10-14/h1-5,8-9,14H,6-7,10H2,(H,20,21). The summed E-state index contributed by atoms with van der Waals surface area (Å²) in [5, 5.41) is 1.33. The molecule has 1 saturated heterocycles. The maximum absolute atomic E-state index is 13.2. The van der Waals surface area contributed by atoms with E-state index < -0.39 is 42.4 Å². The molecule has 1 unspecified atom stereocenters. The third-order valence-electron chi connectivity index (χ3n) is 4.23. The Labute approximate surface area is 161 Å². The van der Waals surface area contributed by atoms with Gasteiger partial charge in [-0.15, -0.1) is 0 Å². The number of sulfone groups is 2. The predicted octanol–water partition coefficient (Wildman–Crippen LogP) is 2.69. The Bertz CT molecular complexity index is 1120. The fourth-order valence-electron chi connectivity index (χ4n) is 2.79. The molecule has 1 amide bonds. The van der Waals surface area contributed by atoms with Crippen molar-refractivity contribution in [1.82, 2.24) is 0 Å². The minimum Gasteiger partial charge on any atom is -0.322 e. The highest BCUT2D eigenvalue weighted by molar-refractivity contribution is 7.96. The van der Waals surface area contributed by atoms with E-state index in [1.165, 1.54) is 36.4 Å². The van der Waals surface area contributed by atoms with Gasteiger partial charge in [-0.25, -0.2) is 21.2 Å². The summed E-state index contributed by atoms with van der Waals surface area (Å²) >= 11 is 5.67. The molecule has 0 spiro atoms. The lowest BCUT2D eigenvalue weighted by Crippen LogP contribution is -2.23. The fourth-order valence-corrected chi connectivity index (χ4v) is 7.37. The molecule has 0 aromatic heterocycles. The number of anilines is 1. The number of halogens is 2. The van der Waals surface area contributed by atoms with Gasteiger partial charge in [0, 0.05) is 11.3 Å². The van der Waals surface area contributed by atoms with Crippen molar-refractivity contribution in [3.05, 3.63) is 58.9 Å². The maximum atomic E-state index is 13.2. The van der Waals surface area contributed by atoms with Crippen LogP contribution in [0.3, 0.4) is 0 Å². The lowest BCUT2D eigenvalue weighted by atomic mass is 10.2. The van der Waals surface area contributed by atoms with Crippen molar-refractivity contribution in [2.24, 2.45) is 0 Å². The SMILES string of the molecule is O=C(Nc1ccc(F)c(Cl)c1)c1cccc(S(=O)(=O)C2CCS(=O)(=O)C2)c1. The summed E-state index contributed by atoms with van der Waals surface area (Å²) in [6.45, 7) is 0. The fraction of sp³-hybridized carbons (Fsp3) is 0.235. The summed E-state index contributed by atoms with van der Waals surface area (Å²) in [4.78, 5) is 12.3. The number of nitrogens with one attached hydrogen (secondary N) is 1. The number of carbonyl (C=O) groups is 1. The van der Waals surface area contributed by atoms with E-state index in [-0.39, 0.29) is 33.3 Å². The second-order valence-electron chi connectivity index (χ2n) is 6.18. The van der Waals surface area contributed by atoms with Crippen LogP contribution < -0.4 is 5.32 Å². The van der Waals surface area contributed by atoms with Crippen LogP contribution in [0.4, 0.5) is 10.1 Å². The highest BCUT2D eigenvalue weighted by Crippen LogP contribution is 2.26. The second-order valence-corrected chi connectivity index (χ2v) is 11.0. The van der Waals surface area contributed by atoms with Crippen molar-refractivity contribution < 1.29 is 26.0 Å². The molecule has 1 fully saturated rings. The summed E-state index contributed by atoms with van der Waals surface area (Å²) in [5.41, 5.74) is 0.318. The van der Waals surface area contributed by atoms with E-state index >= 15 is 0 Å². The molecule has 6 nitrogen and oxygen atoms in total. The Morgan fingerprint density at radius 3 is 2.56 bits per heavy atom. The average Bonchev–Trinajstić information content (AvgIpc) is 2.99. The summed E-state index contributed by atoms with van der Waals surface area (Å²) in [6, 6.07) is 9.00. The smallest absolute Gasteiger partial charge is 0.255 e. The van der Waals surface area contributed by atoms with Gasteiger partial charge >= 0.3 is 0 Å². The Balaban J connectivity index is 1.84. The summed E-state index contributed by atoms with van der Waals surface area (Å²) < 4.78 is 61.7. The van der Waals surface area contributed by atoms with E-state index in [0.29, 0.717) is 0 Å². The van der Waals surface area contributed by atoms with Crippen molar-refractivity contribution in [1.29, 1.82) is 0 Å². The molecular formula is C17H15ClFNO5S2. The quantitative estimate of drug-likeness (QED) is 0.802. The summed E-state index contributed by atoms with van der Waals surface area (Å²) in [7, 11) is -7.24. The van der Waals surface area contributed by atoms with E-state index in [0.717, 1.165) is 6.07 Å². The van der Waals surface area contributed by atoms with Crippen LogP contribution in [0.25, 0.3) is 0 Å². The molecule has 144 valence electrons. The molecule has 2 aromatic rings. The molecule has 1 aliphatic heterocycles. The topological polar surface area (TPSA) is 97.4 Å². The molecule has 10 heteroatoms. The van der Waals surface area contributed by atoms with Gasteiger partial charge in [-0.3, -0.25) is 4.79 Å². The Morgan fingerprint density at radius 2 is 1.93 bits per heavy atom. The molecule has 1 atom stereocenters. The number of hydrogen-bond donors (Lipinski definition) is 1. The Morgan fingerprint density at radius 1 is 1.19 bits per heavy atom. The zero-order valence-electron chi connectivity index (χ0n) is 13.9. The third kappa shape index (κ3) is 4.31. The van der Waals surface area contributed by atoms with E-state index in [9.17, 15) is 26.0 Å². The van der Waals surface area contributed by atoms with E-state index in [1.54, 1.807) is 0 Å². The molecule has 3 rings (SSSR count). The normalized spacial score (nSPS) is 19.0. The van der Waals surface area contributed by atoms with Crippen molar-refractivity contribution in [2.75, 3.05) is 16.8 Å². The molecule has 1 N–H and O–H groups in total. The Hall–Kier alpha value is -1.97.